The molecular formula is C63H71N8O15S4-. The number of aliphatic carboxylic acids is 1. The van der Waals surface area contributed by atoms with Crippen LogP contribution in [0.4, 0.5) is 17.3 Å². The number of carbonyl (C=O) groups is 2. The lowest BCUT2D eigenvalue weighted by atomic mass is 9.74. The Balaban J connectivity index is 1.01. The van der Waals surface area contributed by atoms with Crippen molar-refractivity contribution >= 4 is 81.8 Å². The molecule has 3 aliphatic rings. The first kappa shape index (κ1) is 66.7. The van der Waals surface area contributed by atoms with Crippen molar-refractivity contribution in [1.82, 2.24) is 25.3 Å². The van der Waals surface area contributed by atoms with E-state index in [0.717, 1.165) is 45.5 Å². The summed E-state index contributed by atoms with van der Waals surface area (Å²) in [5, 5.41) is 16.2. The number of nitrogen functional groups attached to an aromatic ring is 1. The number of hydrogen-bond donors (Lipinski definition) is 8. The van der Waals surface area contributed by atoms with Gasteiger partial charge in [0, 0.05) is 45.9 Å². The van der Waals surface area contributed by atoms with Crippen LogP contribution in [0.15, 0.2) is 152 Å². The molecule has 4 aromatic carbocycles. The summed E-state index contributed by atoms with van der Waals surface area (Å²) in [5.41, 5.74) is 13.4. The van der Waals surface area contributed by atoms with Crippen LogP contribution in [0.25, 0.3) is 11.2 Å². The van der Waals surface area contributed by atoms with E-state index in [-0.39, 0.29) is 70.1 Å². The van der Waals surface area contributed by atoms with Crippen molar-refractivity contribution in [2.24, 2.45) is 5.92 Å². The summed E-state index contributed by atoms with van der Waals surface area (Å²) in [7, 11) is -13.0. The van der Waals surface area contributed by atoms with Gasteiger partial charge < -0.3 is 30.9 Å². The maximum Gasteiger partial charge on any atom is 0.326 e. The van der Waals surface area contributed by atoms with Crippen molar-refractivity contribution in [2.45, 2.75) is 131 Å². The number of H-pyrrole nitrogens is 1. The summed E-state index contributed by atoms with van der Waals surface area (Å²) < 4.78 is 125. The molecule has 90 heavy (non-hydrogen) atoms. The number of allylic oxidation sites excluding steroid dienone is 8. The van der Waals surface area contributed by atoms with Crippen LogP contribution in [-0.4, -0.2) is 109 Å². The summed E-state index contributed by atoms with van der Waals surface area (Å²) >= 11 is -2.49. The van der Waals surface area contributed by atoms with Crippen molar-refractivity contribution in [1.29, 1.82) is 0 Å². The predicted octanol–water partition coefficient (Wildman–Crippen LogP) is 8.42. The third-order valence-corrected chi connectivity index (χ3v) is 20.2. The molecule has 1 amide bonds. The molecule has 0 saturated heterocycles. The number of carbonyl (C=O) groups excluding carboxylic acids is 1. The number of nitrogens with two attached hydrogens (primary N) is 1. The molecule has 0 fully saturated rings. The number of nitrogens with zero attached hydrogens (tertiary/aromatic N) is 4. The van der Waals surface area contributed by atoms with Gasteiger partial charge >= 0.3 is 5.97 Å². The number of carboxylic acids is 1. The number of unbranched alkanes of at least 4 members (excludes halogenated alkanes) is 2. The molecule has 9 rings (SSSR count). The minimum Gasteiger partial charge on any atom is -0.768 e. The molecule has 0 bridgehead atoms. The van der Waals surface area contributed by atoms with Gasteiger partial charge in [0.1, 0.15) is 6.04 Å². The molecule has 3 unspecified atom stereocenters. The topological polar surface area (TPSA) is 382 Å². The molecule has 2 aliphatic carbocycles. The van der Waals surface area contributed by atoms with Crippen LogP contribution >= 0.6 is 0 Å². The number of benzene rings is 4. The molecule has 0 saturated carbocycles. The number of aromatic nitrogens is 4. The second kappa shape index (κ2) is 27.0. The standard InChI is InChI=1S/C63H72N8O15S4/c1-62(2)50(47(12-5-7-30-88(78,79)80)48-25-23-45(87(76)77)34-51(48)62)26-19-40-10-9-11-41(20-28-55-63(3,4)52-35-46(90(84,85)86)24-27-54(52)71(55)29-6-8-31-89(81,82)83)49(40)32-38-13-15-39(16-14-38)33-53(60(74)75)68-58(72)42-17-21-43(22-18-42)65-36-44-37-66-57-56(67-44)59(73)70-61(64)69-57/h13-28,34-35,37,47,50,53,65H,5-12,29-33,36H2,1-4H3,(H,68,72)(H,74,75)(H,76,77)(H,78,79,80)(H,81,82,83)(H,84,85,86)(H3,64,66,69,70,73)/p-1/b26-19+,41-20+,55-28+/t47?,50?,53-/m0/s1. The van der Waals surface area contributed by atoms with Crippen molar-refractivity contribution in [2.75, 3.05) is 34.0 Å². The Hall–Kier alpha value is -7.76. The smallest absolute Gasteiger partial charge is 0.326 e. The largest absolute Gasteiger partial charge is 0.768 e. The van der Waals surface area contributed by atoms with Gasteiger partial charge in [0.15, 0.2) is 11.2 Å². The number of amides is 1. The van der Waals surface area contributed by atoms with Gasteiger partial charge in [-0.05, 0) is 185 Å². The first-order valence-electron chi connectivity index (χ1n) is 29.2. The molecule has 0 radical (unpaired) electrons. The van der Waals surface area contributed by atoms with Crippen LogP contribution in [0.5, 0.6) is 0 Å². The van der Waals surface area contributed by atoms with E-state index < -0.39 is 87.2 Å². The van der Waals surface area contributed by atoms with Gasteiger partial charge in [0.05, 0.1) is 34.8 Å². The minimum atomic E-state index is -4.59. The van der Waals surface area contributed by atoms with Gasteiger partial charge in [-0.3, -0.25) is 32.4 Å². The van der Waals surface area contributed by atoms with Crippen LogP contribution in [0, 0.1) is 5.92 Å². The molecule has 0 spiro atoms. The molecule has 4 atom stereocenters. The van der Waals surface area contributed by atoms with Crippen molar-refractivity contribution < 1.29 is 62.4 Å². The minimum absolute atomic E-state index is 0.0253. The lowest BCUT2D eigenvalue weighted by molar-refractivity contribution is -0.139. The number of nitrogens with one attached hydrogen (secondary N) is 3. The Morgan fingerprint density at radius 2 is 1.54 bits per heavy atom. The second-order valence-corrected chi connectivity index (χ2v) is 29.5. The Kier molecular flexibility index (Phi) is 20.0. The average molecular weight is 1310 g/mol. The van der Waals surface area contributed by atoms with Gasteiger partial charge in [0.25, 0.3) is 41.8 Å². The Bertz CT molecular complexity index is 4340. The number of anilines is 3. The van der Waals surface area contributed by atoms with E-state index in [1.807, 2.05) is 61.2 Å². The van der Waals surface area contributed by atoms with Gasteiger partial charge in [0.2, 0.25) is 5.95 Å². The molecule has 27 heteroatoms. The molecule has 2 aromatic heterocycles. The van der Waals surface area contributed by atoms with Crippen LogP contribution < -0.4 is 26.8 Å². The highest BCUT2D eigenvalue weighted by Gasteiger charge is 2.45. The van der Waals surface area contributed by atoms with Crippen LogP contribution in [0.1, 0.15) is 129 Å². The first-order chi connectivity index (χ1) is 42.4. The highest BCUT2D eigenvalue weighted by atomic mass is 32.2. The molecular weight excluding hydrogens is 1240 g/mol. The summed E-state index contributed by atoms with van der Waals surface area (Å²) in [6.07, 6.45) is 13.9. The van der Waals surface area contributed by atoms with Crippen LogP contribution in [0.2, 0.25) is 0 Å². The maximum absolute atomic E-state index is 13.5. The second-order valence-electron chi connectivity index (χ2n) is 24.0. The zero-order valence-electron chi connectivity index (χ0n) is 49.9. The summed E-state index contributed by atoms with van der Waals surface area (Å²) in [6.45, 7) is 8.46. The zero-order chi connectivity index (χ0) is 65.1. The number of aromatic amines is 1. The maximum atomic E-state index is 13.5. The summed E-state index contributed by atoms with van der Waals surface area (Å²) in [4.78, 5) is 55.3. The third-order valence-electron chi connectivity index (χ3n) is 17.1. The van der Waals surface area contributed by atoms with Crippen molar-refractivity contribution in [3.63, 3.8) is 0 Å². The number of rotatable bonds is 25. The normalized spacial score (nSPS) is 18.9. The Morgan fingerprint density at radius 1 is 0.856 bits per heavy atom. The Morgan fingerprint density at radius 3 is 2.21 bits per heavy atom. The summed E-state index contributed by atoms with van der Waals surface area (Å²) in [5.74, 6) is -3.11. The molecule has 478 valence electrons. The number of hydrogen-bond acceptors (Lipinski definition) is 17. The van der Waals surface area contributed by atoms with Crippen molar-refractivity contribution in [3.05, 3.63) is 187 Å². The fourth-order valence-corrected chi connectivity index (χ4v) is 14.5. The highest BCUT2D eigenvalue weighted by molar-refractivity contribution is 7.86. The van der Waals surface area contributed by atoms with E-state index >= 15 is 0 Å². The molecule has 1 aliphatic heterocycles. The van der Waals surface area contributed by atoms with Crippen LogP contribution in [-0.2, 0) is 76.4 Å². The SMILES string of the molecule is CC1(C)/C(=C\C=C2/CCCC(/C=C/C3C(CCCCS(=O)(=O)O)c4ccc(S(=O)[O-])cc4C3(C)C)=C2Cc2ccc(C[C@H](NC(=O)c3ccc(NCc4cnc5nc(N)[nH]c(=O)c5n4)cc3)C(=O)O)cc2)N(CCCCS(=O)(=O)O)c2ccc(S(=O)(=O)O)cc21. The molecule has 6 aromatic rings. The zero-order valence-corrected chi connectivity index (χ0v) is 53.1. The number of carboxylic acid groups (broad SMARTS) is 1. The molecule has 3 heterocycles. The first-order valence-corrected chi connectivity index (χ1v) is 34.9. The highest BCUT2D eigenvalue weighted by Crippen LogP contribution is 2.54. The molecule has 23 nitrogen and oxygen atoms in total. The van der Waals surface area contributed by atoms with E-state index in [0.29, 0.717) is 73.3 Å². The fourth-order valence-electron chi connectivity index (χ4n) is 12.5. The number of fused-ring (bicyclic) bond motifs is 3. The predicted molar refractivity (Wildman–Crippen MR) is 340 cm³/mol. The third kappa shape index (κ3) is 15.9. The fraction of sp³-hybridized carbons (Fsp3) is 0.365. The molecule has 9 N–H and O–H groups in total. The average Bonchev–Trinajstić information content (AvgIpc) is 1.60. The Labute approximate surface area is 524 Å². The van der Waals surface area contributed by atoms with Crippen molar-refractivity contribution in [3.8, 4) is 0 Å². The van der Waals surface area contributed by atoms with E-state index in [2.05, 4.69) is 56.6 Å². The van der Waals surface area contributed by atoms with Gasteiger partial charge in [-0.25, -0.2) is 14.8 Å². The van der Waals surface area contributed by atoms with Gasteiger partial charge in [-0.15, -0.1) is 0 Å². The van der Waals surface area contributed by atoms with Crippen LogP contribution in [0.3, 0.4) is 0 Å². The summed E-state index contributed by atoms with van der Waals surface area (Å²) in [6, 6.07) is 22.0. The van der Waals surface area contributed by atoms with Gasteiger partial charge in [-0.2, -0.15) is 30.2 Å². The lowest BCUT2D eigenvalue weighted by Gasteiger charge is -2.30. The van der Waals surface area contributed by atoms with E-state index in [9.17, 15) is 67.2 Å². The quantitative estimate of drug-likeness (QED) is 0.0151. The van der Waals surface area contributed by atoms with E-state index in [4.69, 9.17) is 5.73 Å². The van der Waals surface area contributed by atoms with E-state index in [1.165, 1.54) is 18.3 Å². The monoisotopic (exact) mass is 1310 g/mol. The van der Waals surface area contributed by atoms with E-state index in [1.54, 1.807) is 42.5 Å². The lowest BCUT2D eigenvalue weighted by Crippen LogP contribution is -2.42. The van der Waals surface area contributed by atoms with Gasteiger partial charge in [-0.1, -0.05) is 82.7 Å².